The van der Waals surface area contributed by atoms with E-state index in [1.807, 2.05) is 6.92 Å². The number of aromatic nitrogens is 1. The largest absolute Gasteiger partial charge is 0.494 e. The molecule has 1 N–H and O–H groups in total. The van der Waals surface area contributed by atoms with Crippen LogP contribution in [0.15, 0.2) is 87.1 Å². The van der Waals surface area contributed by atoms with Gasteiger partial charge in [-0.15, -0.1) is 0 Å². The van der Waals surface area contributed by atoms with E-state index in [-0.39, 0.29) is 21.7 Å². The van der Waals surface area contributed by atoms with E-state index in [1.165, 1.54) is 48.5 Å². The van der Waals surface area contributed by atoms with Crippen LogP contribution < -0.4 is 10.1 Å². The lowest BCUT2D eigenvalue weighted by atomic mass is 10.2. The highest BCUT2D eigenvalue weighted by molar-refractivity contribution is 7.91. The summed E-state index contributed by atoms with van der Waals surface area (Å²) in [6.45, 7) is 2.41. The van der Waals surface area contributed by atoms with Crippen LogP contribution in [0.1, 0.15) is 6.92 Å². The summed E-state index contributed by atoms with van der Waals surface area (Å²) in [5.74, 6) is 0.216. The van der Waals surface area contributed by atoms with Crippen LogP contribution in [0.25, 0.3) is 11.5 Å². The minimum absolute atomic E-state index is 0.00981. The van der Waals surface area contributed by atoms with Crippen LogP contribution in [0.2, 0.25) is 5.02 Å². The first-order valence-electron chi connectivity index (χ1n) is 9.64. The molecule has 0 bridgehead atoms. The van der Waals surface area contributed by atoms with Crippen molar-refractivity contribution in [1.29, 1.82) is 0 Å². The molecule has 1 heterocycles. The topological polar surface area (TPSA) is 81.4 Å². The second-order valence-corrected chi connectivity index (χ2v) is 9.00. The van der Waals surface area contributed by atoms with Crippen molar-refractivity contribution in [2.45, 2.75) is 16.8 Å². The van der Waals surface area contributed by atoms with Gasteiger partial charge in [0.25, 0.3) is 0 Å². The molecule has 164 valence electrons. The molecule has 4 rings (SSSR count). The number of anilines is 2. The third-order valence-corrected chi connectivity index (χ3v) is 6.42. The van der Waals surface area contributed by atoms with Gasteiger partial charge >= 0.3 is 0 Å². The van der Waals surface area contributed by atoms with E-state index in [0.29, 0.717) is 28.6 Å². The first-order valence-corrected chi connectivity index (χ1v) is 11.5. The number of benzene rings is 3. The fourth-order valence-electron chi connectivity index (χ4n) is 2.94. The van der Waals surface area contributed by atoms with Crippen molar-refractivity contribution in [2.75, 3.05) is 11.9 Å². The summed E-state index contributed by atoms with van der Waals surface area (Å²) in [6.07, 6.45) is 0. The smallest absolute Gasteiger partial charge is 0.238 e. The van der Waals surface area contributed by atoms with Crippen LogP contribution >= 0.6 is 11.6 Å². The highest BCUT2D eigenvalue weighted by Crippen LogP contribution is 2.34. The molecule has 0 radical (unpaired) electrons. The van der Waals surface area contributed by atoms with E-state index in [0.717, 1.165) is 0 Å². The van der Waals surface area contributed by atoms with Crippen molar-refractivity contribution in [3.63, 3.8) is 0 Å². The molecule has 0 aliphatic heterocycles. The van der Waals surface area contributed by atoms with Gasteiger partial charge in [0, 0.05) is 16.3 Å². The minimum Gasteiger partial charge on any atom is -0.494 e. The summed E-state index contributed by atoms with van der Waals surface area (Å²) in [5, 5.41) is 3.07. The molecule has 0 amide bonds. The second kappa shape index (κ2) is 9.02. The first kappa shape index (κ1) is 21.9. The van der Waals surface area contributed by atoms with Crippen molar-refractivity contribution in [2.24, 2.45) is 0 Å². The maximum atomic E-state index is 13.3. The lowest BCUT2D eigenvalue weighted by Crippen LogP contribution is -2.05. The number of hydrogen-bond donors (Lipinski definition) is 1. The Morgan fingerprint density at radius 1 is 1.00 bits per heavy atom. The standard InChI is InChI=1S/C23H18ClFN2O4S/c1-2-30-19-11-9-18(10-12-19)26-22-23(32(28,29)20-13-5-16(24)6-14-20)27-21(31-22)15-3-7-17(25)8-4-15/h3-14,26H,2H2,1H3. The molecule has 0 fully saturated rings. The fourth-order valence-corrected chi connectivity index (χ4v) is 4.32. The Morgan fingerprint density at radius 3 is 2.28 bits per heavy atom. The lowest BCUT2D eigenvalue weighted by molar-refractivity contribution is 0.340. The number of rotatable bonds is 7. The quantitative estimate of drug-likeness (QED) is 0.349. The molecule has 3 aromatic carbocycles. The van der Waals surface area contributed by atoms with Crippen LogP contribution in [0.4, 0.5) is 16.0 Å². The number of nitrogens with one attached hydrogen (secondary N) is 1. The number of halogens is 2. The third-order valence-electron chi connectivity index (χ3n) is 4.49. The Kier molecular flexibility index (Phi) is 6.16. The van der Waals surface area contributed by atoms with Crippen LogP contribution in [0.5, 0.6) is 5.75 Å². The van der Waals surface area contributed by atoms with Crippen molar-refractivity contribution < 1.29 is 22.0 Å². The monoisotopic (exact) mass is 472 g/mol. The molecule has 9 heteroatoms. The van der Waals surface area contributed by atoms with Gasteiger partial charge in [0.15, 0.2) is 0 Å². The third kappa shape index (κ3) is 4.61. The Bertz CT molecular complexity index is 1320. The van der Waals surface area contributed by atoms with E-state index < -0.39 is 15.7 Å². The van der Waals surface area contributed by atoms with Gasteiger partial charge in [-0.05, 0) is 79.7 Å². The van der Waals surface area contributed by atoms with Crippen LogP contribution in [0, 0.1) is 5.82 Å². The Balaban J connectivity index is 1.78. The van der Waals surface area contributed by atoms with Crippen LogP contribution in [-0.2, 0) is 9.84 Å². The molecule has 1 aromatic heterocycles. The number of hydrogen-bond acceptors (Lipinski definition) is 6. The molecular weight excluding hydrogens is 455 g/mol. The molecule has 0 spiro atoms. The van der Waals surface area contributed by atoms with E-state index in [9.17, 15) is 12.8 Å². The van der Waals surface area contributed by atoms with Crippen LogP contribution in [-0.4, -0.2) is 20.0 Å². The van der Waals surface area contributed by atoms with E-state index in [2.05, 4.69) is 10.3 Å². The summed E-state index contributed by atoms with van der Waals surface area (Å²) >= 11 is 5.90. The summed E-state index contributed by atoms with van der Waals surface area (Å²) in [5.41, 5.74) is 1.00. The predicted octanol–water partition coefficient (Wildman–Crippen LogP) is 6.11. The zero-order valence-electron chi connectivity index (χ0n) is 16.9. The number of ether oxygens (including phenoxy) is 1. The van der Waals surface area contributed by atoms with Gasteiger partial charge in [0.05, 0.1) is 11.5 Å². The van der Waals surface area contributed by atoms with Gasteiger partial charge in [0.2, 0.25) is 26.6 Å². The summed E-state index contributed by atoms with van der Waals surface area (Å²) < 4.78 is 51.1. The normalized spacial score (nSPS) is 11.3. The van der Waals surface area contributed by atoms with Gasteiger partial charge in [-0.1, -0.05) is 11.6 Å². The molecule has 6 nitrogen and oxygen atoms in total. The van der Waals surface area contributed by atoms with E-state index in [4.69, 9.17) is 20.8 Å². The van der Waals surface area contributed by atoms with E-state index >= 15 is 0 Å². The summed E-state index contributed by atoms with van der Waals surface area (Å²) in [6, 6.07) is 18.1. The molecular formula is C23H18ClFN2O4S. The molecule has 4 aromatic rings. The Morgan fingerprint density at radius 2 is 1.66 bits per heavy atom. The zero-order valence-corrected chi connectivity index (χ0v) is 18.5. The Hall–Kier alpha value is -3.36. The summed E-state index contributed by atoms with van der Waals surface area (Å²) in [4.78, 5) is 4.24. The molecule has 32 heavy (non-hydrogen) atoms. The molecule has 0 unspecified atom stereocenters. The molecule has 0 atom stereocenters. The average Bonchev–Trinajstić information content (AvgIpc) is 3.21. The number of nitrogens with zero attached hydrogens (tertiary/aromatic N) is 1. The van der Waals surface area contributed by atoms with Gasteiger partial charge in [-0.3, -0.25) is 0 Å². The van der Waals surface area contributed by atoms with Gasteiger partial charge < -0.3 is 14.5 Å². The van der Waals surface area contributed by atoms with Gasteiger partial charge in [0.1, 0.15) is 11.6 Å². The van der Waals surface area contributed by atoms with E-state index in [1.54, 1.807) is 24.3 Å². The highest BCUT2D eigenvalue weighted by Gasteiger charge is 2.29. The highest BCUT2D eigenvalue weighted by atomic mass is 35.5. The summed E-state index contributed by atoms with van der Waals surface area (Å²) in [7, 11) is -4.04. The molecule has 0 aliphatic carbocycles. The SMILES string of the molecule is CCOc1ccc(Nc2oc(-c3ccc(F)cc3)nc2S(=O)(=O)c2ccc(Cl)cc2)cc1. The average molecular weight is 473 g/mol. The van der Waals surface area contributed by atoms with Gasteiger partial charge in [-0.25, -0.2) is 12.8 Å². The van der Waals surface area contributed by atoms with Crippen LogP contribution in [0.3, 0.4) is 0 Å². The molecule has 0 saturated carbocycles. The van der Waals surface area contributed by atoms with Gasteiger partial charge in [-0.2, -0.15) is 4.98 Å². The molecule has 0 aliphatic rings. The second-order valence-electron chi connectivity index (χ2n) is 6.70. The van der Waals surface area contributed by atoms with Crippen molar-refractivity contribution >= 4 is 33.0 Å². The maximum absolute atomic E-state index is 13.3. The zero-order chi connectivity index (χ0) is 22.7. The maximum Gasteiger partial charge on any atom is 0.238 e. The lowest BCUT2D eigenvalue weighted by Gasteiger charge is -2.08. The Labute approximate surface area is 189 Å². The predicted molar refractivity (Wildman–Crippen MR) is 120 cm³/mol. The number of sulfone groups is 1. The first-order chi connectivity index (χ1) is 15.4. The minimum atomic E-state index is -4.04. The van der Waals surface area contributed by atoms with Crippen molar-refractivity contribution in [1.82, 2.24) is 4.98 Å². The van der Waals surface area contributed by atoms with Crippen molar-refractivity contribution in [3.05, 3.63) is 83.6 Å². The fraction of sp³-hybridized carbons (Fsp3) is 0.0870. The van der Waals surface area contributed by atoms with Crippen molar-refractivity contribution in [3.8, 4) is 17.2 Å². The molecule has 0 saturated heterocycles. The number of oxazole rings is 1.